The lowest BCUT2D eigenvalue weighted by molar-refractivity contribution is -0.274. The van der Waals surface area contributed by atoms with E-state index in [-0.39, 0.29) is 41.0 Å². The highest BCUT2D eigenvalue weighted by atomic mass is 19.4. The molecule has 1 unspecified atom stereocenters. The molecule has 1 atom stereocenters. The first-order chi connectivity index (χ1) is 13.2. The van der Waals surface area contributed by atoms with Crippen molar-refractivity contribution in [3.05, 3.63) is 51.7 Å². The van der Waals surface area contributed by atoms with E-state index in [9.17, 15) is 22.8 Å². The van der Waals surface area contributed by atoms with Gasteiger partial charge in [0.15, 0.2) is 5.78 Å². The number of carbonyl (C=O) groups excluding carboxylic acids is 1. The first-order valence-corrected chi connectivity index (χ1v) is 8.74. The molecular formula is C19H19F3N2O4. The van der Waals surface area contributed by atoms with Crippen LogP contribution in [-0.2, 0) is 0 Å². The molecule has 0 aliphatic heterocycles. The van der Waals surface area contributed by atoms with Gasteiger partial charge in [-0.3, -0.25) is 9.59 Å². The zero-order chi connectivity index (χ0) is 20.5. The lowest BCUT2D eigenvalue weighted by Gasteiger charge is -2.17. The van der Waals surface area contributed by atoms with Crippen LogP contribution in [0.5, 0.6) is 11.5 Å². The molecule has 1 aromatic carbocycles. The molecule has 1 saturated carbocycles. The van der Waals surface area contributed by atoms with E-state index in [2.05, 4.69) is 14.7 Å². The topological polar surface area (TPSA) is 81.3 Å². The molecule has 1 N–H and O–H groups in total. The summed E-state index contributed by atoms with van der Waals surface area (Å²) in [6.07, 6.45) is -2.92. The highest BCUT2D eigenvalue weighted by molar-refractivity contribution is 5.94. The average molecular weight is 396 g/mol. The fraction of sp³-hybridized carbons (Fsp3) is 0.421. The van der Waals surface area contributed by atoms with Gasteiger partial charge in [-0.2, -0.15) is 0 Å². The summed E-state index contributed by atoms with van der Waals surface area (Å²) in [6.45, 7) is 1.75. The van der Waals surface area contributed by atoms with E-state index < -0.39 is 12.1 Å². The molecule has 1 aliphatic rings. The number of H-pyrrole nitrogens is 1. The Bertz CT molecular complexity index is 936. The summed E-state index contributed by atoms with van der Waals surface area (Å²) in [4.78, 5) is 31.3. The third-order valence-corrected chi connectivity index (χ3v) is 4.47. The minimum Gasteiger partial charge on any atom is -0.496 e. The Morgan fingerprint density at radius 3 is 2.64 bits per heavy atom. The van der Waals surface area contributed by atoms with Gasteiger partial charge in [0.05, 0.1) is 7.11 Å². The molecule has 0 bridgehead atoms. The van der Waals surface area contributed by atoms with Crippen molar-refractivity contribution in [3.8, 4) is 11.5 Å². The van der Waals surface area contributed by atoms with E-state index in [1.807, 2.05) is 0 Å². The minimum atomic E-state index is -4.81. The van der Waals surface area contributed by atoms with Crippen molar-refractivity contribution < 1.29 is 27.4 Å². The zero-order valence-electron chi connectivity index (χ0n) is 15.3. The summed E-state index contributed by atoms with van der Waals surface area (Å²) in [7, 11) is 1.32. The molecule has 0 radical (unpaired) electrons. The Hall–Kier alpha value is -2.84. The molecule has 0 spiro atoms. The molecule has 28 heavy (non-hydrogen) atoms. The van der Waals surface area contributed by atoms with E-state index in [1.54, 1.807) is 6.92 Å². The number of benzene rings is 1. The minimum absolute atomic E-state index is 0.0242. The molecule has 1 aromatic heterocycles. The van der Waals surface area contributed by atoms with Gasteiger partial charge in [0, 0.05) is 24.5 Å². The van der Waals surface area contributed by atoms with Crippen LogP contribution in [0.15, 0.2) is 29.1 Å². The molecule has 150 valence electrons. The van der Waals surface area contributed by atoms with Crippen molar-refractivity contribution >= 4 is 5.78 Å². The number of nitrogens with one attached hydrogen (secondary N) is 1. The second-order valence-electron chi connectivity index (χ2n) is 6.77. The second kappa shape index (κ2) is 7.65. The summed E-state index contributed by atoms with van der Waals surface area (Å²) < 4.78 is 46.2. The van der Waals surface area contributed by atoms with Gasteiger partial charge in [-0.25, -0.2) is 4.98 Å². The van der Waals surface area contributed by atoms with Gasteiger partial charge in [0.1, 0.15) is 23.0 Å². The Labute approximate surface area is 158 Å². The summed E-state index contributed by atoms with van der Waals surface area (Å²) >= 11 is 0. The number of hydrogen-bond donors (Lipinski definition) is 1. The number of nitrogens with zero attached hydrogens (tertiary/aromatic N) is 1. The van der Waals surface area contributed by atoms with Crippen molar-refractivity contribution in [1.29, 1.82) is 0 Å². The van der Waals surface area contributed by atoms with Crippen LogP contribution in [0.25, 0.3) is 0 Å². The molecule has 6 nitrogen and oxygen atoms in total. The normalized spacial score (nSPS) is 15.2. The zero-order valence-corrected chi connectivity index (χ0v) is 15.3. The molecule has 1 fully saturated rings. The predicted octanol–water partition coefficient (Wildman–Crippen LogP) is 3.93. The van der Waals surface area contributed by atoms with Crippen LogP contribution in [0.4, 0.5) is 13.2 Å². The third-order valence-electron chi connectivity index (χ3n) is 4.47. The highest BCUT2D eigenvalue weighted by Crippen LogP contribution is 2.38. The number of aromatic nitrogens is 2. The summed E-state index contributed by atoms with van der Waals surface area (Å²) in [6, 6.07) is 4.89. The lowest BCUT2D eigenvalue weighted by Crippen LogP contribution is -2.17. The summed E-state index contributed by atoms with van der Waals surface area (Å²) in [5.41, 5.74) is 0.269. The first kappa shape index (κ1) is 19.9. The van der Waals surface area contributed by atoms with Gasteiger partial charge < -0.3 is 14.5 Å². The quantitative estimate of drug-likeness (QED) is 0.717. The van der Waals surface area contributed by atoms with Crippen LogP contribution in [0.3, 0.4) is 0 Å². The smallest absolute Gasteiger partial charge is 0.496 e. The fourth-order valence-corrected chi connectivity index (χ4v) is 2.96. The number of ketones is 1. The molecule has 0 saturated heterocycles. The Balaban J connectivity index is 1.77. The summed E-state index contributed by atoms with van der Waals surface area (Å²) in [5, 5.41) is 0. The molecule has 0 amide bonds. The SMILES string of the molecule is COc1cc(OC(F)(F)F)ccc1C(C)CC(=O)c1cc(=O)[nH]c(C2CC2)n1. The largest absolute Gasteiger partial charge is 0.573 e. The monoisotopic (exact) mass is 396 g/mol. The van der Waals surface area contributed by atoms with Crippen molar-refractivity contribution in [2.24, 2.45) is 0 Å². The van der Waals surface area contributed by atoms with Crippen LogP contribution in [0.2, 0.25) is 0 Å². The Morgan fingerprint density at radius 2 is 2.04 bits per heavy atom. The number of aromatic amines is 1. The lowest BCUT2D eigenvalue weighted by atomic mass is 9.93. The second-order valence-corrected chi connectivity index (χ2v) is 6.77. The maximum atomic E-state index is 12.6. The van der Waals surface area contributed by atoms with Gasteiger partial charge in [-0.05, 0) is 30.4 Å². The van der Waals surface area contributed by atoms with Gasteiger partial charge in [-0.15, -0.1) is 13.2 Å². The maximum Gasteiger partial charge on any atom is 0.573 e. The molecule has 2 aromatic rings. The third kappa shape index (κ3) is 4.90. The van der Waals surface area contributed by atoms with Gasteiger partial charge >= 0.3 is 6.36 Å². The fourth-order valence-electron chi connectivity index (χ4n) is 2.96. The van der Waals surface area contributed by atoms with Crippen molar-refractivity contribution in [3.63, 3.8) is 0 Å². The molecule has 9 heteroatoms. The number of halogens is 3. The average Bonchev–Trinajstić information content (AvgIpc) is 3.44. The van der Waals surface area contributed by atoms with Gasteiger partial charge in [0.2, 0.25) is 0 Å². The van der Waals surface area contributed by atoms with E-state index in [0.717, 1.165) is 18.9 Å². The van der Waals surface area contributed by atoms with Crippen LogP contribution < -0.4 is 15.0 Å². The van der Waals surface area contributed by atoms with Crippen molar-refractivity contribution in [1.82, 2.24) is 9.97 Å². The van der Waals surface area contributed by atoms with E-state index >= 15 is 0 Å². The van der Waals surface area contributed by atoms with E-state index in [4.69, 9.17) is 4.74 Å². The van der Waals surface area contributed by atoms with Gasteiger partial charge in [-0.1, -0.05) is 13.0 Å². The standard InChI is InChI=1S/C19H19F3N2O4/c1-10(13-6-5-12(8-16(13)27-2)28-19(20,21)22)7-15(25)14-9-17(26)24-18(23-14)11-3-4-11/h5-6,8-11H,3-4,7H2,1-2H3,(H,23,24,26). The van der Waals surface area contributed by atoms with Crippen LogP contribution in [0.1, 0.15) is 59.9 Å². The van der Waals surface area contributed by atoms with Crippen LogP contribution >= 0.6 is 0 Å². The van der Waals surface area contributed by atoms with E-state index in [0.29, 0.717) is 11.4 Å². The highest BCUT2D eigenvalue weighted by Gasteiger charge is 2.32. The molecule has 1 heterocycles. The number of carbonyl (C=O) groups is 1. The number of ether oxygens (including phenoxy) is 2. The molecule has 1 aliphatic carbocycles. The van der Waals surface area contributed by atoms with Crippen molar-refractivity contribution in [2.45, 2.75) is 44.4 Å². The number of methoxy groups -OCH3 is 1. The summed E-state index contributed by atoms with van der Waals surface area (Å²) in [5.74, 6) is -0.198. The Morgan fingerprint density at radius 1 is 1.32 bits per heavy atom. The maximum absolute atomic E-state index is 12.6. The van der Waals surface area contributed by atoms with Crippen LogP contribution in [-0.4, -0.2) is 29.2 Å². The van der Waals surface area contributed by atoms with E-state index in [1.165, 1.54) is 25.3 Å². The van der Waals surface area contributed by atoms with Gasteiger partial charge in [0.25, 0.3) is 5.56 Å². The number of alkyl halides is 3. The molecular weight excluding hydrogens is 377 g/mol. The molecule has 3 rings (SSSR count). The first-order valence-electron chi connectivity index (χ1n) is 8.74. The van der Waals surface area contributed by atoms with Crippen LogP contribution in [0, 0.1) is 0 Å². The number of hydrogen-bond acceptors (Lipinski definition) is 5. The van der Waals surface area contributed by atoms with Crippen molar-refractivity contribution in [2.75, 3.05) is 7.11 Å². The number of Topliss-reactive ketones (excluding diaryl/α,β-unsaturated/α-hetero) is 1. The predicted molar refractivity (Wildman–Crippen MR) is 93.9 cm³/mol. The Kier molecular flexibility index (Phi) is 5.44. The number of rotatable bonds is 7.